The van der Waals surface area contributed by atoms with E-state index in [-0.39, 0.29) is 16.9 Å². The van der Waals surface area contributed by atoms with Gasteiger partial charge in [-0.25, -0.2) is 4.39 Å². The van der Waals surface area contributed by atoms with Gasteiger partial charge in [0.2, 0.25) is 0 Å². The van der Waals surface area contributed by atoms with Crippen LogP contribution in [-0.2, 0) is 6.42 Å². The molecule has 0 aliphatic rings. The van der Waals surface area contributed by atoms with Gasteiger partial charge in [0.15, 0.2) is 0 Å². The van der Waals surface area contributed by atoms with E-state index in [1.165, 1.54) is 6.07 Å². The molecule has 2 aromatic carbocycles. The average molecular weight is 308 g/mol. The lowest BCUT2D eigenvalue weighted by Gasteiger charge is -2.19. The number of halogens is 2. The molecule has 0 aliphatic carbocycles. The van der Waals surface area contributed by atoms with Crippen molar-refractivity contribution in [3.8, 4) is 5.75 Å². The molecule has 1 atom stereocenters. The Morgan fingerprint density at radius 2 is 2.05 bits per heavy atom. The molecule has 0 bridgehead atoms. The van der Waals surface area contributed by atoms with Gasteiger partial charge in [-0.3, -0.25) is 0 Å². The van der Waals surface area contributed by atoms with Crippen molar-refractivity contribution in [1.82, 2.24) is 5.32 Å². The summed E-state index contributed by atoms with van der Waals surface area (Å²) in [7, 11) is 3.54. The summed E-state index contributed by atoms with van der Waals surface area (Å²) in [6.45, 7) is 2.00. The van der Waals surface area contributed by atoms with Gasteiger partial charge in [0.25, 0.3) is 0 Å². The molecule has 0 saturated carbocycles. The molecule has 4 heteroatoms. The van der Waals surface area contributed by atoms with Gasteiger partial charge < -0.3 is 10.1 Å². The van der Waals surface area contributed by atoms with E-state index in [2.05, 4.69) is 5.32 Å². The van der Waals surface area contributed by atoms with Crippen molar-refractivity contribution in [2.24, 2.45) is 0 Å². The molecule has 21 heavy (non-hydrogen) atoms. The zero-order valence-corrected chi connectivity index (χ0v) is 13.2. The van der Waals surface area contributed by atoms with Crippen LogP contribution in [0.2, 0.25) is 5.02 Å². The highest BCUT2D eigenvalue weighted by Gasteiger charge is 2.15. The molecule has 1 unspecified atom stereocenters. The van der Waals surface area contributed by atoms with Gasteiger partial charge in [-0.15, -0.1) is 0 Å². The lowest BCUT2D eigenvalue weighted by molar-refractivity contribution is 0.410. The van der Waals surface area contributed by atoms with Crippen molar-refractivity contribution >= 4 is 11.6 Å². The number of aryl methyl sites for hydroxylation is 1. The predicted molar refractivity (Wildman–Crippen MR) is 84.6 cm³/mol. The van der Waals surface area contributed by atoms with Crippen LogP contribution in [0.3, 0.4) is 0 Å². The second-order valence-corrected chi connectivity index (χ2v) is 5.37. The van der Waals surface area contributed by atoms with Gasteiger partial charge in [-0.05, 0) is 49.2 Å². The Kier molecular flexibility index (Phi) is 5.21. The molecule has 2 rings (SSSR count). The largest absolute Gasteiger partial charge is 0.496 e. The molecule has 1 N–H and O–H groups in total. The number of nitrogens with one attached hydrogen (secondary N) is 1. The summed E-state index contributed by atoms with van der Waals surface area (Å²) in [6, 6.07) is 11.0. The molecule has 0 heterocycles. The van der Waals surface area contributed by atoms with Gasteiger partial charge >= 0.3 is 0 Å². The molecule has 0 aromatic heterocycles. The number of methoxy groups -OCH3 is 1. The maximum Gasteiger partial charge on any atom is 0.142 e. The van der Waals surface area contributed by atoms with Gasteiger partial charge in [0.1, 0.15) is 11.6 Å². The summed E-state index contributed by atoms with van der Waals surface area (Å²) >= 11 is 6.04. The smallest absolute Gasteiger partial charge is 0.142 e. The molecule has 2 aromatic rings. The maximum absolute atomic E-state index is 13.5. The van der Waals surface area contributed by atoms with Gasteiger partial charge in [0, 0.05) is 6.04 Å². The molecule has 2 nitrogen and oxygen atoms in total. The first-order valence-corrected chi connectivity index (χ1v) is 7.19. The van der Waals surface area contributed by atoms with Crippen LogP contribution in [0.15, 0.2) is 36.4 Å². The Balaban J connectivity index is 2.30. The van der Waals surface area contributed by atoms with E-state index in [0.717, 1.165) is 22.4 Å². The number of likely N-dealkylation sites (N-methyl/N-ethyl adjacent to an activating group) is 1. The fourth-order valence-corrected chi connectivity index (χ4v) is 2.57. The molecule has 0 spiro atoms. The van der Waals surface area contributed by atoms with E-state index >= 15 is 0 Å². The second kappa shape index (κ2) is 6.92. The van der Waals surface area contributed by atoms with Crippen LogP contribution in [0, 0.1) is 12.7 Å². The number of rotatable bonds is 5. The third-order valence-corrected chi connectivity index (χ3v) is 4.06. The lowest BCUT2D eigenvalue weighted by Crippen LogP contribution is -2.19. The molecule has 0 aliphatic heterocycles. The Labute approximate surface area is 129 Å². The van der Waals surface area contributed by atoms with E-state index < -0.39 is 0 Å². The molecule has 0 amide bonds. The maximum atomic E-state index is 13.5. The van der Waals surface area contributed by atoms with Crippen LogP contribution >= 0.6 is 11.6 Å². The van der Waals surface area contributed by atoms with Crippen molar-refractivity contribution < 1.29 is 9.13 Å². The highest BCUT2D eigenvalue weighted by molar-refractivity contribution is 6.31. The zero-order valence-electron chi connectivity index (χ0n) is 12.4. The highest BCUT2D eigenvalue weighted by atomic mass is 35.5. The SMILES string of the molecule is CNC(Cc1cccc(F)c1Cl)c1ccc(C)c(OC)c1. The molecule has 0 fully saturated rings. The Morgan fingerprint density at radius 1 is 1.29 bits per heavy atom. The standard InChI is InChI=1S/C17H19ClFNO/c1-11-7-8-12(10-16(11)21-3)15(20-2)9-13-5-4-6-14(19)17(13)18/h4-8,10,15,20H,9H2,1-3H3. The Bertz CT molecular complexity index is 630. The minimum absolute atomic E-state index is 0.0406. The van der Waals surface area contributed by atoms with Crippen molar-refractivity contribution in [1.29, 1.82) is 0 Å². The van der Waals surface area contributed by atoms with E-state index in [1.54, 1.807) is 13.2 Å². The van der Waals surface area contributed by atoms with Crippen LogP contribution in [0.25, 0.3) is 0 Å². The molecule has 0 saturated heterocycles. The van der Waals surface area contributed by atoms with E-state index in [1.807, 2.05) is 38.2 Å². The third kappa shape index (κ3) is 3.55. The van der Waals surface area contributed by atoms with Crippen molar-refractivity contribution in [3.63, 3.8) is 0 Å². The average Bonchev–Trinajstić information content (AvgIpc) is 2.49. The van der Waals surface area contributed by atoms with Crippen molar-refractivity contribution in [2.45, 2.75) is 19.4 Å². The number of hydrogen-bond acceptors (Lipinski definition) is 2. The topological polar surface area (TPSA) is 21.3 Å². The van der Waals surface area contributed by atoms with E-state index in [0.29, 0.717) is 6.42 Å². The first-order chi connectivity index (χ1) is 10.1. The predicted octanol–water partition coefficient (Wildman–Crippen LogP) is 4.30. The summed E-state index contributed by atoms with van der Waals surface area (Å²) < 4.78 is 18.9. The second-order valence-electron chi connectivity index (χ2n) is 4.99. The fraction of sp³-hybridized carbons (Fsp3) is 0.294. The lowest BCUT2D eigenvalue weighted by atomic mass is 9.97. The quantitative estimate of drug-likeness (QED) is 0.889. The number of hydrogen-bond donors (Lipinski definition) is 1. The van der Waals surface area contributed by atoms with E-state index in [9.17, 15) is 4.39 Å². The molecular formula is C17H19ClFNO. The number of ether oxygens (including phenoxy) is 1. The van der Waals surface area contributed by atoms with Gasteiger partial charge in [-0.1, -0.05) is 35.9 Å². The van der Waals surface area contributed by atoms with Crippen LogP contribution in [0.4, 0.5) is 4.39 Å². The first-order valence-electron chi connectivity index (χ1n) is 6.81. The summed E-state index contributed by atoms with van der Waals surface area (Å²) in [6.07, 6.45) is 0.610. The summed E-state index contributed by atoms with van der Waals surface area (Å²) in [5, 5.41) is 3.44. The zero-order chi connectivity index (χ0) is 15.4. The van der Waals surface area contributed by atoms with Crippen LogP contribution in [0.5, 0.6) is 5.75 Å². The van der Waals surface area contributed by atoms with Gasteiger partial charge in [-0.2, -0.15) is 0 Å². The minimum Gasteiger partial charge on any atom is -0.496 e. The Morgan fingerprint density at radius 3 is 2.71 bits per heavy atom. The summed E-state index contributed by atoms with van der Waals surface area (Å²) in [4.78, 5) is 0. The third-order valence-electron chi connectivity index (χ3n) is 3.64. The monoisotopic (exact) mass is 307 g/mol. The first kappa shape index (κ1) is 15.8. The van der Waals surface area contributed by atoms with Crippen molar-refractivity contribution in [3.05, 3.63) is 63.9 Å². The molecular weight excluding hydrogens is 289 g/mol. The number of benzene rings is 2. The minimum atomic E-state index is -0.384. The van der Waals surface area contributed by atoms with Crippen molar-refractivity contribution in [2.75, 3.05) is 14.2 Å². The molecule has 112 valence electrons. The van der Waals surface area contributed by atoms with Gasteiger partial charge in [0.05, 0.1) is 12.1 Å². The van der Waals surface area contributed by atoms with E-state index in [4.69, 9.17) is 16.3 Å². The fourth-order valence-electron chi connectivity index (χ4n) is 2.37. The van der Waals surface area contributed by atoms with Crippen LogP contribution in [-0.4, -0.2) is 14.2 Å². The molecule has 0 radical (unpaired) electrons. The van der Waals surface area contributed by atoms with Crippen LogP contribution in [0.1, 0.15) is 22.7 Å². The highest BCUT2D eigenvalue weighted by Crippen LogP contribution is 2.28. The Hall–Kier alpha value is -1.58. The summed E-state index contributed by atoms with van der Waals surface area (Å²) in [5.74, 6) is 0.462. The normalized spacial score (nSPS) is 12.2. The summed E-state index contributed by atoms with van der Waals surface area (Å²) in [5.41, 5.74) is 2.95. The van der Waals surface area contributed by atoms with Crippen LogP contribution < -0.4 is 10.1 Å².